The van der Waals surface area contributed by atoms with Gasteiger partial charge in [-0.25, -0.2) is 0 Å². The maximum absolute atomic E-state index is 13.8. The molecule has 4 fully saturated rings. The van der Waals surface area contributed by atoms with Crippen molar-refractivity contribution < 1.29 is 19.4 Å². The van der Waals surface area contributed by atoms with Gasteiger partial charge in [-0.05, 0) is 87.0 Å². The van der Waals surface area contributed by atoms with Crippen LogP contribution < -0.4 is 0 Å². The van der Waals surface area contributed by atoms with Crippen LogP contribution in [-0.4, -0.2) is 29.1 Å². The number of carbonyl (C=O) groups is 2. The molecule has 0 aromatic rings. The number of esters is 1. The highest BCUT2D eigenvalue weighted by Crippen LogP contribution is 2.74. The van der Waals surface area contributed by atoms with Gasteiger partial charge in [-0.2, -0.15) is 0 Å². The molecule has 6 unspecified atom stereocenters. The highest BCUT2D eigenvalue weighted by atomic mass is 16.6. The molecule has 4 nitrogen and oxygen atoms in total. The predicted octanol–water partition coefficient (Wildman–Crippen LogP) is 6.03. The van der Waals surface area contributed by atoms with Crippen molar-refractivity contribution in [3.05, 3.63) is 23.3 Å². The fraction of sp³-hybridized carbons (Fsp3) is 0.800. The van der Waals surface area contributed by atoms with E-state index in [0.717, 1.165) is 44.9 Å². The molecule has 34 heavy (non-hydrogen) atoms. The van der Waals surface area contributed by atoms with Gasteiger partial charge in [-0.3, -0.25) is 9.59 Å². The van der Waals surface area contributed by atoms with Crippen LogP contribution in [0.2, 0.25) is 0 Å². The molecule has 0 aromatic heterocycles. The second kappa shape index (κ2) is 7.54. The molecule has 5 rings (SSSR count). The Morgan fingerprint density at radius 1 is 1.12 bits per heavy atom. The molecule has 0 radical (unpaired) electrons. The van der Waals surface area contributed by atoms with Crippen molar-refractivity contribution >= 4 is 11.8 Å². The van der Waals surface area contributed by atoms with Crippen molar-refractivity contribution in [2.75, 3.05) is 0 Å². The molecule has 0 bridgehead atoms. The smallest absolute Gasteiger partial charge is 0.309 e. The average Bonchev–Trinajstić information content (AvgIpc) is 3.15. The van der Waals surface area contributed by atoms with Crippen LogP contribution in [0.1, 0.15) is 93.4 Å². The van der Waals surface area contributed by atoms with Crippen molar-refractivity contribution in [1.29, 1.82) is 0 Å². The Labute approximate surface area is 205 Å². The molecular weight excluding hydrogens is 424 g/mol. The van der Waals surface area contributed by atoms with E-state index in [1.807, 2.05) is 6.08 Å². The van der Waals surface area contributed by atoms with E-state index in [-0.39, 0.29) is 51.9 Å². The van der Waals surface area contributed by atoms with E-state index in [9.17, 15) is 14.7 Å². The molecule has 1 N–H and O–H groups in total. The van der Waals surface area contributed by atoms with Gasteiger partial charge in [-0.15, -0.1) is 0 Å². The molecule has 3 saturated carbocycles. The fourth-order valence-electron chi connectivity index (χ4n) is 9.72. The van der Waals surface area contributed by atoms with Gasteiger partial charge in [0, 0.05) is 17.3 Å². The molecule has 9 atom stereocenters. The Balaban J connectivity index is 1.53. The van der Waals surface area contributed by atoms with E-state index >= 15 is 0 Å². The van der Waals surface area contributed by atoms with E-state index in [1.54, 1.807) is 0 Å². The number of rotatable bonds is 3. The Hall–Kier alpha value is -1.42. The number of aliphatic hydroxyl groups excluding tert-OH is 1. The number of aliphatic hydroxyl groups is 1. The predicted molar refractivity (Wildman–Crippen MR) is 133 cm³/mol. The molecule has 4 aliphatic carbocycles. The normalized spacial score (nSPS) is 48.8. The third-order valence-electron chi connectivity index (χ3n) is 11.6. The maximum Gasteiger partial charge on any atom is 0.309 e. The summed E-state index contributed by atoms with van der Waals surface area (Å²) in [6.07, 6.45) is 10.2. The number of carbonyl (C=O) groups excluding carboxylic acids is 2. The first kappa shape index (κ1) is 24.3. The largest absolute Gasteiger partial charge is 0.462 e. The van der Waals surface area contributed by atoms with Crippen molar-refractivity contribution in [2.45, 2.75) is 106 Å². The summed E-state index contributed by atoms with van der Waals surface area (Å²) in [5.41, 5.74) is 1.90. The second-order valence-electron chi connectivity index (χ2n) is 13.8. The third-order valence-corrected chi connectivity index (χ3v) is 11.6. The van der Waals surface area contributed by atoms with Gasteiger partial charge < -0.3 is 9.84 Å². The van der Waals surface area contributed by atoms with E-state index in [1.165, 1.54) is 11.1 Å². The maximum atomic E-state index is 13.8. The van der Waals surface area contributed by atoms with Crippen LogP contribution >= 0.6 is 0 Å². The van der Waals surface area contributed by atoms with Gasteiger partial charge in [0.2, 0.25) is 0 Å². The summed E-state index contributed by atoms with van der Waals surface area (Å²) in [7, 11) is 0. The van der Waals surface area contributed by atoms with Gasteiger partial charge in [0.05, 0.1) is 12.0 Å². The highest BCUT2D eigenvalue weighted by molar-refractivity contribution is 5.95. The topological polar surface area (TPSA) is 63.6 Å². The first-order chi connectivity index (χ1) is 15.8. The van der Waals surface area contributed by atoms with Gasteiger partial charge in [0.15, 0.2) is 5.78 Å². The van der Waals surface area contributed by atoms with Crippen LogP contribution in [-0.2, 0) is 14.3 Å². The molecular formula is C30H44O4. The lowest BCUT2D eigenvalue weighted by Gasteiger charge is -2.63. The van der Waals surface area contributed by atoms with Gasteiger partial charge in [0.25, 0.3) is 0 Å². The standard InChI is InChI=1S/C30H44O4/c1-17(2)9-8-10-18-24-22(34-26(18)33)16-30(7)20-15-21(31)25-27(3,4)23(32)12-13-28(25,5)19(20)11-14-29(24,30)6/h9,15,18-19,22-25,32H,8,10-14,16H2,1-7H3/t18?,19?,22?,23?,24?,25?,28-,29+,30-/m1/s1. The van der Waals surface area contributed by atoms with Gasteiger partial charge in [-0.1, -0.05) is 51.8 Å². The highest BCUT2D eigenvalue weighted by Gasteiger charge is 2.71. The third kappa shape index (κ3) is 2.99. The van der Waals surface area contributed by atoms with Crippen LogP contribution in [0.15, 0.2) is 23.3 Å². The number of hydrogen-bond donors (Lipinski definition) is 1. The number of hydrogen-bond acceptors (Lipinski definition) is 4. The first-order valence-electron chi connectivity index (χ1n) is 13.6. The number of ketones is 1. The van der Waals surface area contributed by atoms with Crippen molar-refractivity contribution in [3.63, 3.8) is 0 Å². The molecule has 4 heteroatoms. The minimum absolute atomic E-state index is 0.00806. The summed E-state index contributed by atoms with van der Waals surface area (Å²) in [5, 5.41) is 10.8. The quantitative estimate of drug-likeness (QED) is 0.406. The van der Waals surface area contributed by atoms with E-state index in [0.29, 0.717) is 5.92 Å². The average molecular weight is 469 g/mol. The lowest BCUT2D eigenvalue weighted by Crippen LogP contribution is -2.60. The van der Waals surface area contributed by atoms with Crippen LogP contribution in [0.4, 0.5) is 0 Å². The van der Waals surface area contributed by atoms with E-state index in [2.05, 4.69) is 54.5 Å². The summed E-state index contributed by atoms with van der Waals surface area (Å²) in [6, 6.07) is 0. The molecule has 1 saturated heterocycles. The summed E-state index contributed by atoms with van der Waals surface area (Å²) in [6.45, 7) is 15.5. The number of ether oxygens (including phenoxy) is 1. The summed E-state index contributed by atoms with van der Waals surface area (Å²) >= 11 is 0. The first-order valence-corrected chi connectivity index (χ1v) is 13.6. The SMILES string of the molecule is CC(C)=CCCC1C(=O)OC2C[C@]3(C)C4=CC(=O)C5C(C)(C)C(O)CC[C@]5(C)C4CC[C@@]3(C)C21. The summed E-state index contributed by atoms with van der Waals surface area (Å²) in [5.74, 6) is 0.599. The van der Waals surface area contributed by atoms with E-state index < -0.39 is 11.5 Å². The Kier molecular flexibility index (Phi) is 5.39. The zero-order chi connectivity index (χ0) is 24.8. The van der Waals surface area contributed by atoms with Crippen LogP contribution in [0.3, 0.4) is 0 Å². The minimum Gasteiger partial charge on any atom is -0.462 e. The van der Waals surface area contributed by atoms with Crippen LogP contribution in [0, 0.1) is 45.3 Å². The molecule has 5 aliphatic rings. The Bertz CT molecular complexity index is 970. The van der Waals surface area contributed by atoms with Crippen LogP contribution in [0.25, 0.3) is 0 Å². The van der Waals surface area contributed by atoms with Gasteiger partial charge >= 0.3 is 5.97 Å². The van der Waals surface area contributed by atoms with Crippen molar-refractivity contribution in [1.82, 2.24) is 0 Å². The lowest BCUT2D eigenvalue weighted by atomic mass is 9.40. The second-order valence-corrected chi connectivity index (χ2v) is 13.8. The molecule has 1 heterocycles. The molecule has 188 valence electrons. The number of fused-ring (bicyclic) bond motifs is 7. The fourth-order valence-corrected chi connectivity index (χ4v) is 9.72. The zero-order valence-electron chi connectivity index (χ0n) is 22.2. The lowest BCUT2D eigenvalue weighted by molar-refractivity contribution is -0.158. The van der Waals surface area contributed by atoms with E-state index in [4.69, 9.17) is 4.74 Å². The molecule has 0 spiro atoms. The summed E-state index contributed by atoms with van der Waals surface area (Å²) < 4.78 is 6.06. The number of allylic oxidation sites excluding steroid dienone is 4. The van der Waals surface area contributed by atoms with Crippen molar-refractivity contribution in [2.24, 2.45) is 45.3 Å². The minimum atomic E-state index is -0.430. The van der Waals surface area contributed by atoms with Crippen LogP contribution in [0.5, 0.6) is 0 Å². The monoisotopic (exact) mass is 468 g/mol. The summed E-state index contributed by atoms with van der Waals surface area (Å²) in [4.78, 5) is 26.7. The molecule has 1 aliphatic heterocycles. The Morgan fingerprint density at radius 3 is 2.50 bits per heavy atom. The molecule has 0 aromatic carbocycles. The van der Waals surface area contributed by atoms with Crippen molar-refractivity contribution in [3.8, 4) is 0 Å². The Morgan fingerprint density at radius 2 is 1.82 bits per heavy atom. The zero-order valence-corrected chi connectivity index (χ0v) is 22.2. The molecule has 0 amide bonds. The van der Waals surface area contributed by atoms with Gasteiger partial charge in [0.1, 0.15) is 6.10 Å².